The molecule has 0 N–H and O–H groups in total. The molecule has 0 unspecified atom stereocenters. The van der Waals surface area contributed by atoms with Crippen molar-refractivity contribution >= 4 is 37.3 Å². The predicted octanol–water partition coefficient (Wildman–Crippen LogP) is 2.84. The Balaban J connectivity index is 1.78. The number of sulfone groups is 1. The zero-order valence-electron chi connectivity index (χ0n) is 14.0. The van der Waals surface area contributed by atoms with Crippen molar-refractivity contribution in [1.29, 1.82) is 0 Å². The zero-order valence-corrected chi connectivity index (χ0v) is 15.6. The average Bonchev–Trinajstić information content (AvgIpc) is 2.90. The Morgan fingerprint density at radius 3 is 2.48 bits per heavy atom. The van der Waals surface area contributed by atoms with Gasteiger partial charge < -0.3 is 4.57 Å². The number of carbonyl (C=O) groups excluding carboxylic acids is 1. The Hall–Kier alpha value is -2.25. The van der Waals surface area contributed by atoms with Crippen molar-refractivity contribution in [3.63, 3.8) is 0 Å². The van der Waals surface area contributed by atoms with Crippen LogP contribution in [0.4, 0.5) is 0 Å². The molecule has 7 heteroatoms. The van der Waals surface area contributed by atoms with Crippen LogP contribution in [-0.2, 0) is 21.7 Å². The molecule has 0 saturated heterocycles. The number of rotatable bonds is 4. The summed E-state index contributed by atoms with van der Waals surface area (Å²) in [7, 11) is -1.64. The van der Waals surface area contributed by atoms with Gasteiger partial charge in [0.2, 0.25) is 5.91 Å². The molecule has 0 aliphatic rings. The Morgan fingerprint density at radius 1 is 1.12 bits per heavy atom. The highest BCUT2D eigenvalue weighted by Gasteiger charge is 2.16. The largest absolute Gasteiger partial charge is 0.319 e. The maximum absolute atomic E-state index is 12.3. The van der Waals surface area contributed by atoms with Gasteiger partial charge >= 0.3 is 0 Å². The van der Waals surface area contributed by atoms with Crippen LogP contribution in [0.1, 0.15) is 12.0 Å². The normalized spacial score (nSPS) is 12.6. The predicted molar refractivity (Wildman–Crippen MR) is 99.2 cm³/mol. The molecule has 0 aliphatic heterocycles. The third kappa shape index (κ3) is 3.88. The topological polar surface area (TPSA) is 68.5 Å². The molecule has 0 aliphatic carbocycles. The van der Waals surface area contributed by atoms with Crippen molar-refractivity contribution in [1.82, 2.24) is 4.57 Å². The number of aryl methyl sites for hydroxylation is 2. The quantitative estimate of drug-likeness (QED) is 0.705. The number of aromatic nitrogens is 1. The number of benzene rings is 2. The van der Waals surface area contributed by atoms with E-state index in [9.17, 15) is 13.2 Å². The van der Waals surface area contributed by atoms with Crippen molar-refractivity contribution in [2.24, 2.45) is 12.0 Å². The number of para-hydroxylation sites is 1. The smallest absolute Gasteiger partial charge is 0.249 e. The Kier molecular flexibility index (Phi) is 4.87. The highest BCUT2D eigenvalue weighted by atomic mass is 32.2. The number of amides is 1. The molecular formula is C18H18N2O3S2. The van der Waals surface area contributed by atoms with Gasteiger partial charge in [0.25, 0.3) is 0 Å². The minimum absolute atomic E-state index is 0.134. The van der Waals surface area contributed by atoms with Gasteiger partial charge in [0.1, 0.15) is 0 Å². The van der Waals surface area contributed by atoms with E-state index in [2.05, 4.69) is 4.99 Å². The Labute approximate surface area is 150 Å². The van der Waals surface area contributed by atoms with E-state index in [1.807, 2.05) is 42.8 Å². The second-order valence-corrected chi connectivity index (χ2v) is 8.92. The standard InChI is InChI=1S/C18H18N2O3S2/c1-13-7-9-14(10-8-13)25(22,23)12-11-17(21)19-18-20(2)15-5-3-4-6-16(15)24-18/h3-10H,11-12H2,1-2H3. The van der Waals surface area contributed by atoms with Crippen LogP contribution in [0, 0.1) is 6.92 Å². The number of nitrogens with zero attached hydrogens (tertiary/aromatic N) is 2. The van der Waals surface area contributed by atoms with Crippen molar-refractivity contribution in [3.05, 3.63) is 58.9 Å². The van der Waals surface area contributed by atoms with Gasteiger partial charge in [0, 0.05) is 13.5 Å². The summed E-state index contributed by atoms with van der Waals surface area (Å²) in [4.78, 5) is 17.0. The summed E-state index contributed by atoms with van der Waals surface area (Å²) in [5.74, 6) is -0.676. The molecule has 2 aromatic carbocycles. The molecule has 5 nitrogen and oxygen atoms in total. The van der Waals surface area contributed by atoms with Crippen LogP contribution in [0.3, 0.4) is 0 Å². The molecule has 130 valence electrons. The van der Waals surface area contributed by atoms with Gasteiger partial charge in [0.15, 0.2) is 14.6 Å². The molecule has 25 heavy (non-hydrogen) atoms. The SMILES string of the molecule is Cc1ccc(S(=O)(=O)CCC(=O)N=c2sc3ccccc3n2C)cc1. The minimum Gasteiger partial charge on any atom is -0.319 e. The molecule has 0 radical (unpaired) electrons. The van der Waals surface area contributed by atoms with Gasteiger partial charge in [-0.2, -0.15) is 4.99 Å². The lowest BCUT2D eigenvalue weighted by Gasteiger charge is -2.03. The summed E-state index contributed by atoms with van der Waals surface area (Å²) in [5.41, 5.74) is 1.98. The van der Waals surface area contributed by atoms with Crippen LogP contribution in [0.2, 0.25) is 0 Å². The van der Waals surface area contributed by atoms with E-state index in [1.165, 1.54) is 11.3 Å². The van der Waals surface area contributed by atoms with E-state index in [0.29, 0.717) is 4.80 Å². The molecular weight excluding hydrogens is 356 g/mol. The highest BCUT2D eigenvalue weighted by molar-refractivity contribution is 7.91. The van der Waals surface area contributed by atoms with Gasteiger partial charge in [-0.3, -0.25) is 4.79 Å². The molecule has 1 amide bonds. The van der Waals surface area contributed by atoms with Crippen LogP contribution in [0.5, 0.6) is 0 Å². The number of hydrogen-bond acceptors (Lipinski definition) is 4. The second kappa shape index (κ2) is 6.93. The number of fused-ring (bicyclic) bond motifs is 1. The first-order valence-electron chi connectivity index (χ1n) is 7.78. The van der Waals surface area contributed by atoms with Crippen LogP contribution in [0.15, 0.2) is 58.4 Å². The van der Waals surface area contributed by atoms with E-state index in [1.54, 1.807) is 24.3 Å². The zero-order chi connectivity index (χ0) is 18.0. The first-order valence-corrected chi connectivity index (χ1v) is 10.3. The molecule has 0 bridgehead atoms. The molecule has 0 fully saturated rings. The second-order valence-electron chi connectivity index (χ2n) is 5.80. The molecule has 3 rings (SSSR count). The van der Waals surface area contributed by atoms with Crippen LogP contribution in [0.25, 0.3) is 10.2 Å². The van der Waals surface area contributed by atoms with Gasteiger partial charge in [0.05, 0.1) is 20.9 Å². The fourth-order valence-corrected chi connectivity index (χ4v) is 4.70. The van der Waals surface area contributed by atoms with Gasteiger partial charge in [-0.25, -0.2) is 8.42 Å². The average molecular weight is 374 g/mol. The first kappa shape index (κ1) is 17.6. The summed E-state index contributed by atoms with van der Waals surface area (Å²) >= 11 is 1.41. The third-order valence-corrected chi connectivity index (χ3v) is 6.74. The molecule has 0 atom stereocenters. The van der Waals surface area contributed by atoms with Gasteiger partial charge in [-0.15, -0.1) is 0 Å². The van der Waals surface area contributed by atoms with Crippen molar-refractivity contribution in [2.75, 3.05) is 5.75 Å². The van der Waals surface area contributed by atoms with E-state index in [4.69, 9.17) is 0 Å². The Bertz CT molecular complexity index is 1090. The van der Waals surface area contributed by atoms with E-state index in [-0.39, 0.29) is 17.1 Å². The van der Waals surface area contributed by atoms with E-state index in [0.717, 1.165) is 15.8 Å². The number of hydrogen-bond donors (Lipinski definition) is 0. The molecule has 1 heterocycles. The van der Waals surface area contributed by atoms with Crippen LogP contribution < -0.4 is 4.80 Å². The van der Waals surface area contributed by atoms with Gasteiger partial charge in [-0.05, 0) is 31.2 Å². The maximum atomic E-state index is 12.3. The number of thiazole rings is 1. The lowest BCUT2D eigenvalue weighted by molar-refractivity contribution is -0.117. The fraction of sp³-hybridized carbons (Fsp3) is 0.222. The van der Waals surface area contributed by atoms with E-state index < -0.39 is 15.7 Å². The van der Waals surface area contributed by atoms with Crippen molar-refractivity contribution in [2.45, 2.75) is 18.2 Å². The summed E-state index contributed by atoms with van der Waals surface area (Å²) < 4.78 is 27.5. The number of carbonyl (C=O) groups is 1. The molecule has 0 saturated carbocycles. The summed E-state index contributed by atoms with van der Waals surface area (Å²) in [5, 5.41) is 0. The van der Waals surface area contributed by atoms with Crippen LogP contribution >= 0.6 is 11.3 Å². The fourth-order valence-electron chi connectivity index (χ4n) is 2.44. The van der Waals surface area contributed by atoms with Crippen molar-refractivity contribution < 1.29 is 13.2 Å². The van der Waals surface area contributed by atoms with Crippen molar-refractivity contribution in [3.8, 4) is 0 Å². The lowest BCUT2D eigenvalue weighted by atomic mass is 10.2. The van der Waals surface area contributed by atoms with E-state index >= 15 is 0 Å². The Morgan fingerprint density at radius 2 is 1.80 bits per heavy atom. The summed E-state index contributed by atoms with van der Waals surface area (Å²) in [6.45, 7) is 1.89. The van der Waals surface area contributed by atoms with Crippen LogP contribution in [-0.4, -0.2) is 24.6 Å². The first-order chi connectivity index (χ1) is 11.9. The summed E-state index contributed by atoms with van der Waals surface area (Å²) in [6, 6.07) is 14.4. The maximum Gasteiger partial charge on any atom is 0.249 e. The highest BCUT2D eigenvalue weighted by Crippen LogP contribution is 2.16. The molecule has 3 aromatic rings. The molecule has 0 spiro atoms. The third-order valence-electron chi connectivity index (χ3n) is 3.90. The van der Waals surface area contributed by atoms with Gasteiger partial charge in [-0.1, -0.05) is 41.2 Å². The summed E-state index contributed by atoms with van der Waals surface area (Å²) in [6.07, 6.45) is -0.134. The minimum atomic E-state index is -3.48. The molecule has 1 aromatic heterocycles. The lowest BCUT2D eigenvalue weighted by Crippen LogP contribution is -2.15. The monoisotopic (exact) mass is 374 g/mol.